The second kappa shape index (κ2) is 8.94. The Morgan fingerprint density at radius 2 is 1.81 bits per heavy atom. The zero-order chi connectivity index (χ0) is 22.0. The molecule has 0 unspecified atom stereocenters. The molecule has 4 aromatic rings. The average molecular weight is 472 g/mol. The van der Waals surface area contributed by atoms with E-state index in [0.717, 1.165) is 38.7 Å². The van der Waals surface area contributed by atoms with Crippen LogP contribution in [-0.4, -0.2) is 17.5 Å². The summed E-state index contributed by atoms with van der Waals surface area (Å²) < 4.78 is 0. The van der Waals surface area contributed by atoms with E-state index in [0.29, 0.717) is 28.0 Å². The number of benzene rings is 3. The highest BCUT2D eigenvalue weighted by Crippen LogP contribution is 2.34. The zero-order valence-electron chi connectivity index (χ0n) is 16.1. The summed E-state index contributed by atoms with van der Waals surface area (Å²) in [5.74, 6) is -0.0349. The third-order valence-corrected chi connectivity index (χ3v) is 5.81. The van der Waals surface area contributed by atoms with Crippen molar-refractivity contribution >= 4 is 73.9 Å². The van der Waals surface area contributed by atoms with Gasteiger partial charge in [0, 0.05) is 44.7 Å². The van der Waals surface area contributed by atoms with Gasteiger partial charge in [0.1, 0.15) is 0 Å². The Kier molecular flexibility index (Phi) is 6.10. The number of H-pyrrole nitrogens is 1. The molecule has 4 rings (SSSR count). The predicted octanol–water partition coefficient (Wildman–Crippen LogP) is 6.16. The number of aromatic nitrogens is 1. The monoisotopic (exact) mass is 470 g/mol. The number of fused-ring (bicyclic) bond motifs is 3. The third-order valence-electron chi connectivity index (χ3n) is 4.84. The van der Waals surface area contributed by atoms with Gasteiger partial charge in [0.15, 0.2) is 6.19 Å². The highest BCUT2D eigenvalue weighted by atomic mass is 35.5. The van der Waals surface area contributed by atoms with Crippen molar-refractivity contribution in [1.82, 2.24) is 15.6 Å². The van der Waals surface area contributed by atoms with Crippen molar-refractivity contribution in [1.29, 1.82) is 10.7 Å². The lowest BCUT2D eigenvalue weighted by Crippen LogP contribution is -2.34. The summed E-state index contributed by atoms with van der Waals surface area (Å²) in [5.41, 5.74) is 4.73. The fourth-order valence-electron chi connectivity index (χ4n) is 3.48. The lowest BCUT2D eigenvalue weighted by atomic mass is 10.0. The largest absolute Gasteiger partial charge is 0.355 e. The number of nitrogens with zero attached hydrogens (tertiary/aromatic N) is 1. The Morgan fingerprint density at radius 3 is 2.58 bits per heavy atom. The Hall–Kier alpha value is -3.11. The van der Waals surface area contributed by atoms with Crippen LogP contribution in [0.1, 0.15) is 5.56 Å². The van der Waals surface area contributed by atoms with Crippen LogP contribution in [-0.2, 0) is 6.42 Å². The van der Waals surface area contributed by atoms with Gasteiger partial charge in [-0.1, -0.05) is 34.8 Å². The van der Waals surface area contributed by atoms with E-state index in [1.165, 1.54) is 0 Å². The summed E-state index contributed by atoms with van der Waals surface area (Å²) in [6.45, 7) is 0.481. The predicted molar refractivity (Wildman–Crippen MR) is 129 cm³/mol. The van der Waals surface area contributed by atoms with E-state index in [2.05, 4.69) is 27.0 Å². The Bertz CT molecular complexity index is 1340. The summed E-state index contributed by atoms with van der Waals surface area (Å²) in [6, 6.07) is 15.2. The first-order valence-corrected chi connectivity index (χ1v) is 10.5. The molecule has 0 bridgehead atoms. The highest BCUT2D eigenvalue weighted by Gasteiger charge is 2.12. The topological polar surface area (TPSA) is 99.5 Å². The van der Waals surface area contributed by atoms with E-state index in [1.807, 2.05) is 30.3 Å². The Morgan fingerprint density at radius 1 is 0.968 bits per heavy atom. The summed E-state index contributed by atoms with van der Waals surface area (Å²) in [4.78, 5) is 3.47. The van der Waals surface area contributed by atoms with Crippen LogP contribution in [0.3, 0.4) is 0 Å². The number of aromatic amines is 1. The van der Waals surface area contributed by atoms with Crippen molar-refractivity contribution in [2.24, 2.45) is 0 Å². The van der Waals surface area contributed by atoms with Crippen LogP contribution >= 0.6 is 34.8 Å². The van der Waals surface area contributed by atoms with E-state index >= 15 is 0 Å². The number of guanidine groups is 1. The maximum absolute atomic E-state index is 8.63. The third kappa shape index (κ3) is 4.64. The van der Waals surface area contributed by atoms with Crippen molar-refractivity contribution in [3.05, 3.63) is 69.2 Å². The Labute approximate surface area is 193 Å². The molecule has 9 heteroatoms. The maximum Gasteiger partial charge on any atom is 0.201 e. The molecule has 0 atom stereocenters. The summed E-state index contributed by atoms with van der Waals surface area (Å²) >= 11 is 18.4. The molecule has 0 aliphatic heterocycles. The molecule has 0 radical (unpaired) electrons. The molecule has 0 fully saturated rings. The molecule has 31 heavy (non-hydrogen) atoms. The molecule has 0 spiro atoms. The average Bonchev–Trinajstić information content (AvgIpc) is 3.09. The van der Waals surface area contributed by atoms with E-state index in [-0.39, 0.29) is 5.96 Å². The molecular weight excluding hydrogens is 455 g/mol. The van der Waals surface area contributed by atoms with Crippen LogP contribution in [0.25, 0.3) is 21.8 Å². The molecule has 3 aromatic carbocycles. The zero-order valence-corrected chi connectivity index (χ0v) is 18.4. The number of nitriles is 1. The second-order valence-corrected chi connectivity index (χ2v) is 8.17. The molecule has 156 valence electrons. The number of anilines is 2. The highest BCUT2D eigenvalue weighted by molar-refractivity contribution is 6.42. The van der Waals surface area contributed by atoms with Crippen molar-refractivity contribution in [3.63, 3.8) is 0 Å². The summed E-state index contributed by atoms with van der Waals surface area (Å²) in [6.07, 6.45) is 2.36. The minimum absolute atomic E-state index is 0.0349. The van der Waals surface area contributed by atoms with Gasteiger partial charge in [-0.2, -0.15) is 5.26 Å². The smallest absolute Gasteiger partial charge is 0.201 e. The van der Waals surface area contributed by atoms with E-state index in [9.17, 15) is 0 Å². The van der Waals surface area contributed by atoms with Crippen LogP contribution in [0.4, 0.5) is 11.4 Å². The number of halogens is 3. The second-order valence-electron chi connectivity index (χ2n) is 6.92. The van der Waals surface area contributed by atoms with Crippen LogP contribution in [0.2, 0.25) is 15.1 Å². The molecule has 0 aliphatic rings. The first kappa shape index (κ1) is 21.1. The van der Waals surface area contributed by atoms with Gasteiger partial charge in [-0.15, -0.1) is 0 Å². The van der Waals surface area contributed by atoms with Gasteiger partial charge >= 0.3 is 0 Å². The quantitative estimate of drug-likeness (QED) is 0.104. The minimum Gasteiger partial charge on any atom is -0.355 e. The van der Waals surface area contributed by atoms with Crippen LogP contribution < -0.4 is 16.0 Å². The van der Waals surface area contributed by atoms with Crippen molar-refractivity contribution < 1.29 is 0 Å². The fraction of sp³-hybridized carbons (Fsp3) is 0.0909. The molecule has 5 N–H and O–H groups in total. The molecule has 0 amide bonds. The van der Waals surface area contributed by atoms with E-state index in [4.69, 9.17) is 45.5 Å². The summed E-state index contributed by atoms with van der Waals surface area (Å²) in [5, 5.41) is 28.5. The van der Waals surface area contributed by atoms with Gasteiger partial charge in [-0.05, 0) is 60.5 Å². The molecular formula is C22H17Cl3N6. The van der Waals surface area contributed by atoms with Gasteiger partial charge in [0.25, 0.3) is 0 Å². The fourth-order valence-corrected chi connectivity index (χ4v) is 3.95. The van der Waals surface area contributed by atoms with Crippen LogP contribution in [0, 0.1) is 16.9 Å². The van der Waals surface area contributed by atoms with Crippen LogP contribution in [0.15, 0.2) is 48.5 Å². The minimum atomic E-state index is -0.0349. The molecule has 0 saturated carbocycles. The van der Waals surface area contributed by atoms with Gasteiger partial charge in [0.05, 0.1) is 10.0 Å². The standard InChI is InChI=1S/C22H17Cl3N6/c23-13-1-4-20-16(8-13)17-9-15(30-14-2-3-18(24)19(25)10-14)7-12(21(17)31-20)5-6-28-22(27)29-11-26/h1-4,7-10,30-31H,5-6H2,(H3,27,28,29). The summed E-state index contributed by atoms with van der Waals surface area (Å²) in [7, 11) is 0. The Balaban J connectivity index is 1.74. The van der Waals surface area contributed by atoms with Crippen LogP contribution in [0.5, 0.6) is 0 Å². The molecule has 1 heterocycles. The number of nitrogens with one attached hydrogen (secondary N) is 5. The molecule has 0 aliphatic carbocycles. The number of rotatable bonds is 5. The molecule has 1 aromatic heterocycles. The van der Waals surface area contributed by atoms with Gasteiger partial charge in [-0.25, -0.2) is 0 Å². The van der Waals surface area contributed by atoms with Gasteiger partial charge < -0.3 is 15.6 Å². The maximum atomic E-state index is 8.63. The van der Waals surface area contributed by atoms with E-state index in [1.54, 1.807) is 18.3 Å². The van der Waals surface area contributed by atoms with Crippen molar-refractivity contribution in [3.8, 4) is 6.19 Å². The van der Waals surface area contributed by atoms with E-state index < -0.39 is 0 Å². The lowest BCUT2D eigenvalue weighted by Gasteiger charge is -2.12. The molecule has 6 nitrogen and oxygen atoms in total. The first-order chi connectivity index (χ1) is 14.9. The molecule has 0 saturated heterocycles. The van der Waals surface area contributed by atoms with Crippen molar-refractivity contribution in [2.75, 3.05) is 11.9 Å². The number of hydrogen-bond acceptors (Lipinski definition) is 3. The van der Waals surface area contributed by atoms with Gasteiger partial charge in [0.2, 0.25) is 5.96 Å². The normalized spacial score (nSPS) is 10.8. The first-order valence-electron chi connectivity index (χ1n) is 9.38. The SMILES string of the molecule is N#CNC(=N)NCCc1cc(Nc2ccc(Cl)c(Cl)c2)cc2c1[nH]c1ccc(Cl)cc12. The lowest BCUT2D eigenvalue weighted by molar-refractivity contribution is 0.842. The number of hydrogen-bond donors (Lipinski definition) is 5. The van der Waals surface area contributed by atoms with Crippen molar-refractivity contribution in [2.45, 2.75) is 6.42 Å². The van der Waals surface area contributed by atoms with Gasteiger partial charge in [-0.3, -0.25) is 10.7 Å².